The molecule has 0 radical (unpaired) electrons. The molecule has 1 saturated heterocycles. The first kappa shape index (κ1) is 14.9. The number of rotatable bonds is 5. The second-order valence-corrected chi connectivity index (χ2v) is 5.28. The molecule has 0 atom stereocenters. The first-order valence-electron chi connectivity index (χ1n) is 6.85. The molecule has 110 valence electrons. The maximum Gasteiger partial charge on any atom is 0.329 e. The van der Waals surface area contributed by atoms with E-state index in [1.165, 1.54) is 6.07 Å². The predicted octanol–water partition coefficient (Wildman–Crippen LogP) is 2.20. The summed E-state index contributed by atoms with van der Waals surface area (Å²) in [6.07, 6.45) is 1.59. The number of ether oxygens (including phenoxy) is 1. The van der Waals surface area contributed by atoms with Crippen molar-refractivity contribution in [2.75, 3.05) is 19.7 Å². The molecule has 0 aliphatic carbocycles. The lowest BCUT2D eigenvalue weighted by Crippen LogP contribution is -2.37. The highest BCUT2D eigenvalue weighted by Gasteiger charge is 2.21. The van der Waals surface area contributed by atoms with Crippen molar-refractivity contribution in [2.45, 2.75) is 32.4 Å². The molecule has 20 heavy (non-hydrogen) atoms. The molecule has 2 rings (SSSR count). The van der Waals surface area contributed by atoms with Gasteiger partial charge in [0.05, 0.1) is 6.10 Å². The third-order valence-electron chi connectivity index (χ3n) is 3.57. The summed E-state index contributed by atoms with van der Waals surface area (Å²) in [6, 6.07) is 5.15. The van der Waals surface area contributed by atoms with Crippen molar-refractivity contribution < 1.29 is 19.0 Å². The molecule has 0 saturated carbocycles. The summed E-state index contributed by atoms with van der Waals surface area (Å²) >= 11 is 0. The Balaban J connectivity index is 1.82. The van der Waals surface area contributed by atoms with Crippen LogP contribution in [0.3, 0.4) is 0 Å². The van der Waals surface area contributed by atoms with Gasteiger partial charge in [-0.2, -0.15) is 0 Å². The minimum absolute atomic E-state index is 0.00436. The maximum absolute atomic E-state index is 13.7. The van der Waals surface area contributed by atoms with Gasteiger partial charge in [0.1, 0.15) is 12.4 Å². The van der Waals surface area contributed by atoms with Crippen LogP contribution in [0.25, 0.3) is 0 Å². The average molecular weight is 281 g/mol. The number of benzene rings is 1. The molecular weight excluding hydrogens is 261 g/mol. The molecule has 1 aromatic rings. The highest BCUT2D eigenvalue weighted by Crippen LogP contribution is 2.18. The van der Waals surface area contributed by atoms with Crippen molar-refractivity contribution in [3.8, 4) is 0 Å². The number of nitrogens with zero attached hydrogens (tertiary/aromatic N) is 1. The zero-order valence-electron chi connectivity index (χ0n) is 11.6. The smallest absolute Gasteiger partial charge is 0.329 e. The van der Waals surface area contributed by atoms with Gasteiger partial charge in [-0.15, -0.1) is 0 Å². The predicted molar refractivity (Wildman–Crippen MR) is 73.0 cm³/mol. The molecule has 0 spiro atoms. The number of carboxylic acids is 1. The largest absolute Gasteiger partial charge is 0.480 e. The van der Waals surface area contributed by atoms with Gasteiger partial charge in [-0.05, 0) is 25.8 Å². The van der Waals surface area contributed by atoms with Crippen LogP contribution in [-0.4, -0.2) is 41.8 Å². The van der Waals surface area contributed by atoms with Crippen molar-refractivity contribution in [1.82, 2.24) is 4.90 Å². The summed E-state index contributed by atoms with van der Waals surface area (Å²) < 4.78 is 19.0. The van der Waals surface area contributed by atoms with Crippen LogP contribution in [0.5, 0.6) is 0 Å². The molecular formula is C15H20FNO3. The topological polar surface area (TPSA) is 49.8 Å². The fourth-order valence-corrected chi connectivity index (χ4v) is 2.49. The molecule has 1 aliphatic rings. The fraction of sp³-hybridized carbons (Fsp3) is 0.533. The zero-order chi connectivity index (χ0) is 14.5. The third-order valence-corrected chi connectivity index (χ3v) is 3.57. The van der Waals surface area contributed by atoms with Crippen LogP contribution < -0.4 is 0 Å². The monoisotopic (exact) mass is 281 g/mol. The van der Waals surface area contributed by atoms with Gasteiger partial charge in [0.25, 0.3) is 0 Å². The number of hydrogen-bond donors (Lipinski definition) is 1. The molecule has 0 amide bonds. The molecule has 1 heterocycles. The summed E-state index contributed by atoms with van der Waals surface area (Å²) in [6.45, 7) is 3.92. The summed E-state index contributed by atoms with van der Waals surface area (Å²) in [5.41, 5.74) is 1.77. The molecule has 1 N–H and O–H groups in total. The molecule has 0 unspecified atom stereocenters. The molecule has 1 aliphatic heterocycles. The molecule has 0 bridgehead atoms. The van der Waals surface area contributed by atoms with Crippen LogP contribution in [0.1, 0.15) is 24.0 Å². The molecule has 0 aromatic heterocycles. The van der Waals surface area contributed by atoms with E-state index in [0.29, 0.717) is 6.54 Å². The van der Waals surface area contributed by atoms with Crippen LogP contribution in [0.15, 0.2) is 18.2 Å². The van der Waals surface area contributed by atoms with E-state index in [0.717, 1.165) is 37.1 Å². The van der Waals surface area contributed by atoms with Crippen LogP contribution in [0.4, 0.5) is 4.39 Å². The summed E-state index contributed by atoms with van der Waals surface area (Å²) in [4.78, 5) is 12.6. The third kappa shape index (κ3) is 4.28. The van der Waals surface area contributed by atoms with E-state index in [-0.39, 0.29) is 18.5 Å². The second-order valence-electron chi connectivity index (χ2n) is 5.28. The number of carboxylic acid groups (broad SMARTS) is 1. The van der Waals surface area contributed by atoms with E-state index in [9.17, 15) is 9.18 Å². The fourth-order valence-electron chi connectivity index (χ4n) is 2.49. The lowest BCUT2D eigenvalue weighted by molar-refractivity contribution is -0.145. The van der Waals surface area contributed by atoms with Crippen LogP contribution >= 0.6 is 0 Å². The lowest BCUT2D eigenvalue weighted by Gasteiger charge is -2.31. The van der Waals surface area contributed by atoms with E-state index in [2.05, 4.69) is 4.90 Å². The SMILES string of the molecule is Cc1ccc(F)c(CN2CCC(OCC(=O)O)CC2)c1. The Bertz CT molecular complexity index is 470. The highest BCUT2D eigenvalue weighted by molar-refractivity contribution is 5.68. The number of aliphatic carboxylic acids is 1. The van der Waals surface area contributed by atoms with Crippen molar-refractivity contribution in [2.24, 2.45) is 0 Å². The molecule has 5 heteroatoms. The van der Waals surface area contributed by atoms with Gasteiger partial charge in [0.15, 0.2) is 0 Å². The Hall–Kier alpha value is -1.46. The van der Waals surface area contributed by atoms with Crippen LogP contribution in [0, 0.1) is 12.7 Å². The van der Waals surface area contributed by atoms with Crippen molar-refractivity contribution in [3.05, 3.63) is 35.1 Å². The Kier molecular flexibility index (Phi) is 5.09. The Morgan fingerprint density at radius 2 is 2.15 bits per heavy atom. The highest BCUT2D eigenvalue weighted by atomic mass is 19.1. The van der Waals surface area contributed by atoms with Gasteiger partial charge < -0.3 is 9.84 Å². The molecule has 1 fully saturated rings. The van der Waals surface area contributed by atoms with Crippen molar-refractivity contribution in [3.63, 3.8) is 0 Å². The number of piperidine rings is 1. The number of aryl methyl sites for hydroxylation is 1. The number of carbonyl (C=O) groups is 1. The minimum Gasteiger partial charge on any atom is -0.480 e. The van der Waals surface area contributed by atoms with Gasteiger partial charge in [0, 0.05) is 25.2 Å². The first-order chi connectivity index (χ1) is 9.54. The Morgan fingerprint density at radius 3 is 2.80 bits per heavy atom. The van der Waals surface area contributed by atoms with Gasteiger partial charge >= 0.3 is 5.97 Å². The van der Waals surface area contributed by atoms with Gasteiger partial charge in [-0.3, -0.25) is 4.90 Å². The van der Waals surface area contributed by atoms with Crippen LogP contribution in [-0.2, 0) is 16.1 Å². The van der Waals surface area contributed by atoms with Gasteiger partial charge in [-0.25, -0.2) is 9.18 Å². The number of hydrogen-bond acceptors (Lipinski definition) is 3. The van der Waals surface area contributed by atoms with E-state index in [1.54, 1.807) is 6.07 Å². The maximum atomic E-state index is 13.7. The normalized spacial score (nSPS) is 17.3. The van der Waals surface area contributed by atoms with E-state index in [1.807, 2.05) is 13.0 Å². The summed E-state index contributed by atoms with van der Waals surface area (Å²) in [7, 11) is 0. The van der Waals surface area contributed by atoms with Gasteiger partial charge in [-0.1, -0.05) is 17.7 Å². The van der Waals surface area contributed by atoms with Gasteiger partial charge in [0.2, 0.25) is 0 Å². The summed E-state index contributed by atoms with van der Waals surface area (Å²) in [5, 5.41) is 8.57. The average Bonchev–Trinajstić information content (AvgIpc) is 2.42. The Labute approximate surface area is 118 Å². The second kappa shape index (κ2) is 6.81. The Morgan fingerprint density at radius 1 is 1.45 bits per heavy atom. The lowest BCUT2D eigenvalue weighted by atomic mass is 10.1. The molecule has 1 aromatic carbocycles. The van der Waals surface area contributed by atoms with E-state index >= 15 is 0 Å². The first-order valence-corrected chi connectivity index (χ1v) is 6.85. The standard InChI is InChI=1S/C15H20FNO3/c1-11-2-3-14(16)12(8-11)9-17-6-4-13(5-7-17)20-10-15(18)19/h2-3,8,13H,4-7,9-10H2,1H3,(H,18,19). The quantitative estimate of drug-likeness (QED) is 0.899. The number of likely N-dealkylation sites (tertiary alicyclic amines) is 1. The van der Waals surface area contributed by atoms with E-state index < -0.39 is 5.97 Å². The minimum atomic E-state index is -0.936. The number of halogens is 1. The zero-order valence-corrected chi connectivity index (χ0v) is 11.6. The summed E-state index contributed by atoms with van der Waals surface area (Å²) in [5.74, 6) is -1.10. The van der Waals surface area contributed by atoms with E-state index in [4.69, 9.17) is 9.84 Å². The van der Waals surface area contributed by atoms with Crippen LogP contribution in [0.2, 0.25) is 0 Å². The van der Waals surface area contributed by atoms with Crippen molar-refractivity contribution in [1.29, 1.82) is 0 Å². The molecule has 4 nitrogen and oxygen atoms in total. The van der Waals surface area contributed by atoms with Crippen molar-refractivity contribution >= 4 is 5.97 Å².